The molecule has 0 atom stereocenters. The Morgan fingerprint density at radius 1 is 1.24 bits per heavy atom. The molecule has 0 amide bonds. The van der Waals surface area contributed by atoms with E-state index in [0.717, 1.165) is 12.8 Å². The van der Waals surface area contributed by atoms with Crippen molar-refractivity contribution in [2.45, 2.75) is 31.2 Å². The highest BCUT2D eigenvalue weighted by Crippen LogP contribution is 2.35. The van der Waals surface area contributed by atoms with Crippen LogP contribution in [0.2, 0.25) is 0 Å². The SMILES string of the molecule is CCOC(=O)c1cc2cc(OCCOC)cc(NS(=O)(=O)c3ncccc3CC3CC3)c2[nH]1. The lowest BCUT2D eigenvalue weighted by atomic mass is 10.1. The van der Waals surface area contributed by atoms with E-state index in [-0.39, 0.29) is 29.6 Å². The minimum atomic E-state index is -3.99. The molecule has 0 bridgehead atoms. The minimum Gasteiger partial charge on any atom is -0.491 e. The van der Waals surface area contributed by atoms with E-state index in [0.29, 0.717) is 41.2 Å². The van der Waals surface area contributed by atoms with Gasteiger partial charge in [0, 0.05) is 24.8 Å². The number of hydrogen-bond acceptors (Lipinski definition) is 7. The predicted octanol–water partition coefficient (Wildman–Crippen LogP) is 3.52. The maximum Gasteiger partial charge on any atom is 0.354 e. The second-order valence-electron chi connectivity index (χ2n) is 7.90. The van der Waals surface area contributed by atoms with E-state index in [4.69, 9.17) is 14.2 Å². The van der Waals surface area contributed by atoms with Crippen molar-refractivity contribution in [3.05, 3.63) is 47.8 Å². The van der Waals surface area contributed by atoms with Crippen molar-refractivity contribution in [2.75, 3.05) is 31.7 Å². The fourth-order valence-corrected chi connectivity index (χ4v) is 4.83. The van der Waals surface area contributed by atoms with Crippen LogP contribution in [0.4, 0.5) is 5.69 Å². The molecule has 3 aromatic rings. The fourth-order valence-electron chi connectivity index (χ4n) is 3.59. The minimum absolute atomic E-state index is 0.00734. The van der Waals surface area contributed by atoms with Crippen LogP contribution in [0.25, 0.3) is 10.9 Å². The Labute approximate surface area is 192 Å². The Bertz CT molecular complexity index is 1250. The molecule has 2 aromatic heterocycles. The number of pyridine rings is 1. The number of aromatic nitrogens is 2. The third kappa shape index (κ3) is 5.45. The Morgan fingerprint density at radius 2 is 2.06 bits per heavy atom. The van der Waals surface area contributed by atoms with Crippen LogP contribution >= 0.6 is 0 Å². The molecule has 2 heterocycles. The predicted molar refractivity (Wildman–Crippen MR) is 123 cm³/mol. The highest BCUT2D eigenvalue weighted by atomic mass is 32.2. The van der Waals surface area contributed by atoms with Crippen LogP contribution in [0.1, 0.15) is 35.8 Å². The third-order valence-electron chi connectivity index (χ3n) is 5.31. The van der Waals surface area contributed by atoms with Gasteiger partial charge in [-0.3, -0.25) is 4.72 Å². The number of nitrogens with one attached hydrogen (secondary N) is 2. The summed E-state index contributed by atoms with van der Waals surface area (Å²) in [6.45, 7) is 2.60. The molecule has 1 aromatic carbocycles. The number of aromatic amines is 1. The zero-order valence-corrected chi connectivity index (χ0v) is 19.4. The largest absolute Gasteiger partial charge is 0.491 e. The number of nitrogens with zero attached hydrogens (tertiary/aromatic N) is 1. The summed E-state index contributed by atoms with van der Waals surface area (Å²) in [7, 11) is -2.43. The van der Waals surface area contributed by atoms with Crippen LogP contribution in [0.5, 0.6) is 5.75 Å². The van der Waals surface area contributed by atoms with Gasteiger partial charge in [0.1, 0.15) is 18.1 Å². The highest BCUT2D eigenvalue weighted by Gasteiger charge is 2.27. The van der Waals surface area contributed by atoms with Crippen molar-refractivity contribution in [1.29, 1.82) is 0 Å². The molecule has 1 fully saturated rings. The first-order chi connectivity index (χ1) is 15.9. The molecule has 0 radical (unpaired) electrons. The van der Waals surface area contributed by atoms with Crippen LogP contribution < -0.4 is 9.46 Å². The standard InChI is InChI=1S/C23H27N3O6S/c1-3-31-23(27)20-13-17-12-18(32-10-9-30-2)14-19(21(17)25-20)26-33(28,29)22-16(5-4-8-24-22)11-15-6-7-15/h4-5,8,12-15,25-26H,3,6-7,9-11H2,1-2H3. The van der Waals surface area contributed by atoms with Crippen molar-refractivity contribution >= 4 is 32.6 Å². The van der Waals surface area contributed by atoms with Crippen molar-refractivity contribution in [2.24, 2.45) is 5.92 Å². The quantitative estimate of drug-likeness (QED) is 0.323. The number of H-pyrrole nitrogens is 1. The Balaban J connectivity index is 1.72. The third-order valence-corrected chi connectivity index (χ3v) is 6.67. The van der Waals surface area contributed by atoms with E-state index in [1.54, 1.807) is 44.4 Å². The molecular weight excluding hydrogens is 446 g/mol. The molecule has 1 aliphatic carbocycles. The first-order valence-corrected chi connectivity index (χ1v) is 12.3. The van der Waals surface area contributed by atoms with Crippen LogP contribution in [-0.2, 0) is 25.9 Å². The second-order valence-corrected chi connectivity index (χ2v) is 9.50. The summed E-state index contributed by atoms with van der Waals surface area (Å²) in [4.78, 5) is 19.4. The molecule has 1 aliphatic rings. The van der Waals surface area contributed by atoms with Gasteiger partial charge in [-0.25, -0.2) is 9.78 Å². The zero-order chi connectivity index (χ0) is 23.4. The van der Waals surface area contributed by atoms with E-state index >= 15 is 0 Å². The highest BCUT2D eigenvalue weighted by molar-refractivity contribution is 7.92. The number of carbonyl (C=O) groups excluding carboxylic acids is 1. The second kappa shape index (κ2) is 9.80. The van der Waals surface area contributed by atoms with Crippen molar-refractivity contribution in [3.63, 3.8) is 0 Å². The van der Waals surface area contributed by atoms with E-state index in [9.17, 15) is 13.2 Å². The molecule has 176 valence electrons. The van der Waals surface area contributed by atoms with Gasteiger partial charge < -0.3 is 19.2 Å². The van der Waals surface area contributed by atoms with Gasteiger partial charge in [0.2, 0.25) is 0 Å². The Kier molecular flexibility index (Phi) is 6.85. The summed E-state index contributed by atoms with van der Waals surface area (Å²) in [5.74, 6) is 0.412. The number of ether oxygens (including phenoxy) is 3. The summed E-state index contributed by atoms with van der Waals surface area (Å²) in [6, 6.07) is 8.45. The molecular formula is C23H27N3O6S. The number of carbonyl (C=O) groups is 1. The lowest BCUT2D eigenvalue weighted by Gasteiger charge is -2.13. The van der Waals surface area contributed by atoms with Crippen molar-refractivity contribution in [1.82, 2.24) is 9.97 Å². The molecule has 0 saturated heterocycles. The maximum absolute atomic E-state index is 13.3. The van der Waals surface area contributed by atoms with Crippen LogP contribution in [0.3, 0.4) is 0 Å². The monoisotopic (exact) mass is 473 g/mol. The lowest BCUT2D eigenvalue weighted by molar-refractivity contribution is 0.0520. The topological polar surface area (TPSA) is 120 Å². The van der Waals surface area contributed by atoms with Crippen LogP contribution in [0, 0.1) is 5.92 Å². The molecule has 0 spiro atoms. The molecule has 0 aliphatic heterocycles. The molecule has 9 nitrogen and oxygen atoms in total. The van der Waals surface area contributed by atoms with Crippen molar-refractivity contribution < 1.29 is 27.4 Å². The number of fused-ring (bicyclic) bond motifs is 1. The Hall–Kier alpha value is -3.11. The van der Waals surface area contributed by atoms with Gasteiger partial charge in [-0.05, 0) is 55.9 Å². The van der Waals surface area contributed by atoms with Gasteiger partial charge in [0.05, 0.1) is 24.4 Å². The number of hydrogen-bond donors (Lipinski definition) is 2. The first kappa shape index (κ1) is 23.1. The van der Waals surface area contributed by atoms with Gasteiger partial charge in [-0.2, -0.15) is 8.42 Å². The smallest absolute Gasteiger partial charge is 0.354 e. The summed E-state index contributed by atoms with van der Waals surface area (Å²) in [5.41, 5.74) is 1.60. The maximum atomic E-state index is 13.3. The van der Waals surface area contributed by atoms with E-state index in [1.165, 1.54) is 6.20 Å². The average Bonchev–Trinajstić information content (AvgIpc) is 3.49. The summed E-state index contributed by atoms with van der Waals surface area (Å²) >= 11 is 0. The zero-order valence-electron chi connectivity index (χ0n) is 18.6. The molecule has 1 saturated carbocycles. The molecule has 0 unspecified atom stereocenters. The number of benzene rings is 1. The normalized spacial score (nSPS) is 13.8. The summed E-state index contributed by atoms with van der Waals surface area (Å²) in [6.07, 6.45) is 4.35. The van der Waals surface area contributed by atoms with Gasteiger partial charge in [0.25, 0.3) is 10.0 Å². The van der Waals surface area contributed by atoms with Gasteiger partial charge >= 0.3 is 5.97 Å². The molecule has 33 heavy (non-hydrogen) atoms. The summed E-state index contributed by atoms with van der Waals surface area (Å²) < 4.78 is 45.1. The Morgan fingerprint density at radius 3 is 2.79 bits per heavy atom. The number of esters is 1. The van der Waals surface area contributed by atoms with E-state index in [2.05, 4.69) is 14.7 Å². The van der Waals surface area contributed by atoms with Crippen molar-refractivity contribution in [3.8, 4) is 5.75 Å². The van der Waals surface area contributed by atoms with E-state index < -0.39 is 16.0 Å². The van der Waals surface area contributed by atoms with Gasteiger partial charge in [0.15, 0.2) is 5.03 Å². The number of anilines is 1. The molecule has 10 heteroatoms. The van der Waals surface area contributed by atoms with E-state index in [1.807, 2.05) is 0 Å². The first-order valence-electron chi connectivity index (χ1n) is 10.8. The number of methoxy groups -OCH3 is 1. The number of rotatable bonds is 11. The lowest BCUT2D eigenvalue weighted by Crippen LogP contribution is -2.17. The van der Waals surface area contributed by atoms with Gasteiger partial charge in [-0.15, -0.1) is 0 Å². The number of sulfonamides is 1. The molecule has 2 N–H and O–H groups in total. The average molecular weight is 474 g/mol. The molecule has 4 rings (SSSR count). The van der Waals surface area contributed by atoms with Crippen LogP contribution in [-0.4, -0.2) is 51.3 Å². The summed E-state index contributed by atoms with van der Waals surface area (Å²) in [5, 5.41) is 0.609. The van der Waals surface area contributed by atoms with Gasteiger partial charge in [-0.1, -0.05) is 6.07 Å². The van der Waals surface area contributed by atoms with Crippen LogP contribution in [0.15, 0.2) is 41.6 Å². The fraction of sp³-hybridized carbons (Fsp3) is 0.391.